The Morgan fingerprint density at radius 2 is 1.96 bits per heavy atom. The summed E-state index contributed by atoms with van der Waals surface area (Å²) in [6.45, 7) is 6.15. The Balaban J connectivity index is 1.49. The fourth-order valence-corrected chi connectivity index (χ4v) is 2.54. The maximum atomic E-state index is 5.93. The molecule has 0 aliphatic carbocycles. The van der Waals surface area contributed by atoms with Crippen LogP contribution in [0.25, 0.3) is 0 Å². The Labute approximate surface area is 137 Å². The van der Waals surface area contributed by atoms with E-state index in [-0.39, 0.29) is 12.2 Å². The molecule has 2 aromatic carbocycles. The number of ether oxygens (including phenoxy) is 3. The van der Waals surface area contributed by atoms with Crippen molar-refractivity contribution in [2.24, 2.45) is 0 Å². The highest BCUT2D eigenvalue weighted by Crippen LogP contribution is 2.30. The number of hydrogen-bond donors (Lipinski definition) is 1. The van der Waals surface area contributed by atoms with E-state index in [9.17, 15) is 0 Å². The molecule has 0 radical (unpaired) electrons. The van der Waals surface area contributed by atoms with Gasteiger partial charge in [0.1, 0.15) is 18.5 Å². The molecule has 0 bridgehead atoms. The van der Waals surface area contributed by atoms with E-state index in [2.05, 4.69) is 17.4 Å². The van der Waals surface area contributed by atoms with E-state index in [0.717, 1.165) is 30.3 Å². The maximum Gasteiger partial charge on any atom is 0.161 e. The van der Waals surface area contributed by atoms with Gasteiger partial charge in [-0.05, 0) is 43.7 Å². The Kier molecular flexibility index (Phi) is 5.03. The average molecular weight is 313 g/mol. The molecule has 3 rings (SSSR count). The highest BCUT2D eigenvalue weighted by Gasteiger charge is 2.19. The van der Waals surface area contributed by atoms with Gasteiger partial charge in [-0.3, -0.25) is 0 Å². The first kappa shape index (κ1) is 15.7. The molecule has 1 aliphatic rings. The SMILES string of the molecule is CC(C)Oc1cccc(CNCC2COc3ccccc3O2)c1. The third-order valence-electron chi connectivity index (χ3n) is 3.54. The van der Waals surface area contributed by atoms with Gasteiger partial charge < -0.3 is 19.5 Å². The zero-order chi connectivity index (χ0) is 16.1. The molecule has 0 spiro atoms. The maximum absolute atomic E-state index is 5.93. The molecular formula is C19H23NO3. The van der Waals surface area contributed by atoms with Gasteiger partial charge in [-0.25, -0.2) is 0 Å². The Hall–Kier alpha value is -2.20. The molecule has 4 heteroatoms. The quantitative estimate of drug-likeness (QED) is 0.887. The minimum absolute atomic E-state index is 0.0278. The number of fused-ring (bicyclic) bond motifs is 1. The van der Waals surface area contributed by atoms with Crippen LogP contribution in [0.1, 0.15) is 19.4 Å². The number of hydrogen-bond acceptors (Lipinski definition) is 4. The molecule has 4 nitrogen and oxygen atoms in total. The van der Waals surface area contributed by atoms with Crippen LogP contribution in [0.2, 0.25) is 0 Å². The first-order valence-corrected chi connectivity index (χ1v) is 8.05. The second kappa shape index (κ2) is 7.38. The number of benzene rings is 2. The van der Waals surface area contributed by atoms with Crippen LogP contribution in [0.3, 0.4) is 0 Å². The van der Waals surface area contributed by atoms with Gasteiger partial charge >= 0.3 is 0 Å². The molecule has 0 amide bonds. The van der Waals surface area contributed by atoms with Crippen molar-refractivity contribution >= 4 is 0 Å². The Bertz CT molecular complexity index is 642. The molecule has 2 aromatic rings. The molecule has 0 saturated heterocycles. The monoisotopic (exact) mass is 313 g/mol. The lowest BCUT2D eigenvalue weighted by molar-refractivity contribution is 0.0902. The van der Waals surface area contributed by atoms with E-state index in [0.29, 0.717) is 6.61 Å². The number of nitrogens with one attached hydrogen (secondary N) is 1. The predicted molar refractivity (Wildman–Crippen MR) is 90.3 cm³/mol. The van der Waals surface area contributed by atoms with E-state index >= 15 is 0 Å². The van der Waals surface area contributed by atoms with Crippen LogP contribution in [0.5, 0.6) is 17.2 Å². The van der Waals surface area contributed by atoms with Gasteiger partial charge in [-0.15, -0.1) is 0 Å². The predicted octanol–water partition coefficient (Wildman–Crippen LogP) is 3.40. The normalized spacial score (nSPS) is 16.4. The Morgan fingerprint density at radius 1 is 1.13 bits per heavy atom. The van der Waals surface area contributed by atoms with Crippen molar-refractivity contribution in [1.82, 2.24) is 5.32 Å². The standard InChI is InChI=1S/C19H23NO3/c1-14(2)22-16-7-5-6-15(10-16)11-20-12-17-13-21-18-8-3-4-9-19(18)23-17/h3-10,14,17,20H,11-13H2,1-2H3. The lowest BCUT2D eigenvalue weighted by Crippen LogP contribution is -2.38. The number of para-hydroxylation sites is 2. The van der Waals surface area contributed by atoms with Crippen LogP contribution in [0.4, 0.5) is 0 Å². The van der Waals surface area contributed by atoms with Gasteiger partial charge in [0.2, 0.25) is 0 Å². The van der Waals surface area contributed by atoms with E-state index in [1.165, 1.54) is 5.56 Å². The average Bonchev–Trinajstić information content (AvgIpc) is 2.54. The summed E-state index contributed by atoms with van der Waals surface area (Å²) in [7, 11) is 0. The summed E-state index contributed by atoms with van der Waals surface area (Å²) < 4.78 is 17.4. The second-order valence-electron chi connectivity index (χ2n) is 5.94. The lowest BCUT2D eigenvalue weighted by Gasteiger charge is -2.26. The molecule has 23 heavy (non-hydrogen) atoms. The molecule has 0 saturated carbocycles. The van der Waals surface area contributed by atoms with Gasteiger partial charge in [0.05, 0.1) is 6.10 Å². The van der Waals surface area contributed by atoms with E-state index in [1.54, 1.807) is 0 Å². The first-order chi connectivity index (χ1) is 11.2. The summed E-state index contributed by atoms with van der Waals surface area (Å²) in [4.78, 5) is 0. The molecule has 1 atom stereocenters. The van der Waals surface area contributed by atoms with Crippen molar-refractivity contribution in [2.75, 3.05) is 13.2 Å². The van der Waals surface area contributed by atoms with Crippen molar-refractivity contribution in [3.63, 3.8) is 0 Å². The van der Waals surface area contributed by atoms with Crippen LogP contribution >= 0.6 is 0 Å². The van der Waals surface area contributed by atoms with Crippen LogP contribution in [-0.4, -0.2) is 25.4 Å². The van der Waals surface area contributed by atoms with Crippen LogP contribution < -0.4 is 19.5 Å². The van der Waals surface area contributed by atoms with Crippen molar-refractivity contribution in [3.8, 4) is 17.2 Å². The fraction of sp³-hybridized carbons (Fsp3) is 0.368. The van der Waals surface area contributed by atoms with E-state index in [4.69, 9.17) is 14.2 Å². The Morgan fingerprint density at radius 3 is 2.78 bits per heavy atom. The van der Waals surface area contributed by atoms with Gasteiger partial charge in [-0.1, -0.05) is 24.3 Å². The third kappa shape index (κ3) is 4.39. The van der Waals surface area contributed by atoms with Crippen molar-refractivity contribution in [2.45, 2.75) is 32.6 Å². The zero-order valence-corrected chi connectivity index (χ0v) is 13.6. The van der Waals surface area contributed by atoms with Crippen molar-refractivity contribution < 1.29 is 14.2 Å². The lowest BCUT2D eigenvalue weighted by atomic mass is 10.2. The van der Waals surface area contributed by atoms with Crippen LogP contribution in [0, 0.1) is 0 Å². The van der Waals surface area contributed by atoms with Gasteiger partial charge in [-0.2, -0.15) is 0 Å². The molecule has 1 heterocycles. The summed E-state index contributed by atoms with van der Waals surface area (Å²) in [6.07, 6.45) is 0.214. The molecule has 1 N–H and O–H groups in total. The van der Waals surface area contributed by atoms with Crippen molar-refractivity contribution in [3.05, 3.63) is 54.1 Å². The van der Waals surface area contributed by atoms with Gasteiger partial charge in [0.15, 0.2) is 11.5 Å². The summed E-state index contributed by atoms with van der Waals surface area (Å²) in [5, 5.41) is 3.42. The van der Waals surface area contributed by atoms with E-state index < -0.39 is 0 Å². The third-order valence-corrected chi connectivity index (χ3v) is 3.54. The molecule has 1 aliphatic heterocycles. The fourth-order valence-electron chi connectivity index (χ4n) is 2.54. The molecule has 0 aromatic heterocycles. The minimum atomic E-state index is 0.0278. The summed E-state index contributed by atoms with van der Waals surface area (Å²) in [5.74, 6) is 2.55. The highest BCUT2D eigenvalue weighted by molar-refractivity contribution is 5.40. The first-order valence-electron chi connectivity index (χ1n) is 8.05. The molecule has 0 fully saturated rings. The minimum Gasteiger partial charge on any atom is -0.491 e. The zero-order valence-electron chi connectivity index (χ0n) is 13.6. The second-order valence-corrected chi connectivity index (χ2v) is 5.94. The largest absolute Gasteiger partial charge is 0.491 e. The van der Waals surface area contributed by atoms with Gasteiger partial charge in [0.25, 0.3) is 0 Å². The van der Waals surface area contributed by atoms with Crippen LogP contribution in [0.15, 0.2) is 48.5 Å². The van der Waals surface area contributed by atoms with Gasteiger partial charge in [0, 0.05) is 13.1 Å². The smallest absolute Gasteiger partial charge is 0.161 e. The summed E-state index contributed by atoms with van der Waals surface area (Å²) in [5.41, 5.74) is 1.19. The molecule has 122 valence electrons. The molecular weight excluding hydrogens is 290 g/mol. The number of rotatable bonds is 6. The summed E-state index contributed by atoms with van der Waals surface area (Å²) in [6, 6.07) is 15.9. The summed E-state index contributed by atoms with van der Waals surface area (Å²) >= 11 is 0. The topological polar surface area (TPSA) is 39.7 Å². The van der Waals surface area contributed by atoms with Crippen LogP contribution in [-0.2, 0) is 6.54 Å². The van der Waals surface area contributed by atoms with E-state index in [1.807, 2.05) is 50.2 Å². The highest BCUT2D eigenvalue weighted by atomic mass is 16.6. The molecule has 1 unspecified atom stereocenters. The van der Waals surface area contributed by atoms with Crippen molar-refractivity contribution in [1.29, 1.82) is 0 Å².